The number of fused-ring (bicyclic) bond motifs is 1. The molecule has 2 aromatic rings. The van der Waals surface area contributed by atoms with E-state index in [2.05, 4.69) is 0 Å². The maximum atomic E-state index is 13.9. The van der Waals surface area contributed by atoms with Crippen LogP contribution in [0.4, 0.5) is 4.39 Å². The Morgan fingerprint density at radius 1 is 1.35 bits per heavy atom. The Morgan fingerprint density at radius 3 is 2.55 bits per heavy atom. The highest BCUT2D eigenvalue weighted by Crippen LogP contribution is 2.42. The third-order valence-electron chi connectivity index (χ3n) is 4.03. The van der Waals surface area contributed by atoms with Gasteiger partial charge in [0, 0.05) is 6.20 Å². The average Bonchev–Trinajstić information content (AvgIpc) is 3.21. The Hall–Kier alpha value is -2.17. The molecular formula is C15H14FNO3. The Morgan fingerprint density at radius 2 is 2.00 bits per heavy atom. The number of rotatable bonds is 2. The monoisotopic (exact) mass is 275 g/mol. The molecule has 1 N–H and O–H groups in total. The summed E-state index contributed by atoms with van der Waals surface area (Å²) in [4.78, 5) is 23.4. The predicted molar refractivity (Wildman–Crippen MR) is 72.0 cm³/mol. The van der Waals surface area contributed by atoms with E-state index in [0.717, 1.165) is 29.0 Å². The van der Waals surface area contributed by atoms with Crippen LogP contribution < -0.4 is 5.56 Å². The number of hydrogen-bond acceptors (Lipinski definition) is 2. The van der Waals surface area contributed by atoms with Crippen LogP contribution in [-0.4, -0.2) is 15.5 Å². The van der Waals surface area contributed by atoms with E-state index in [4.69, 9.17) is 5.11 Å². The lowest BCUT2D eigenvalue weighted by molar-refractivity contribution is 0.0694. The molecule has 0 bridgehead atoms. The fraction of sp³-hybridized carbons (Fsp3) is 0.333. The van der Waals surface area contributed by atoms with Gasteiger partial charge in [-0.1, -0.05) is 0 Å². The summed E-state index contributed by atoms with van der Waals surface area (Å²) in [5, 5.41) is 9.14. The Kier molecular flexibility index (Phi) is 2.67. The fourth-order valence-electron chi connectivity index (χ4n) is 2.60. The highest BCUT2D eigenvalue weighted by Gasteiger charge is 2.29. The van der Waals surface area contributed by atoms with Gasteiger partial charge in [0.05, 0.1) is 5.52 Å². The third kappa shape index (κ3) is 1.73. The summed E-state index contributed by atoms with van der Waals surface area (Å²) in [6.45, 7) is 3.43. The number of carboxylic acids is 1. The summed E-state index contributed by atoms with van der Waals surface area (Å²) >= 11 is 0. The topological polar surface area (TPSA) is 58.8 Å². The first-order chi connectivity index (χ1) is 9.41. The second-order valence-electron chi connectivity index (χ2n) is 5.34. The molecule has 1 fully saturated rings. The molecule has 0 saturated heterocycles. The number of carboxylic acid groups (broad SMARTS) is 1. The van der Waals surface area contributed by atoms with Crippen molar-refractivity contribution in [1.82, 2.24) is 4.40 Å². The van der Waals surface area contributed by atoms with Gasteiger partial charge in [0.25, 0.3) is 5.56 Å². The van der Waals surface area contributed by atoms with E-state index < -0.39 is 17.3 Å². The van der Waals surface area contributed by atoms with Gasteiger partial charge in [-0.3, -0.25) is 9.20 Å². The molecule has 3 rings (SSSR count). The maximum absolute atomic E-state index is 13.9. The van der Waals surface area contributed by atoms with Crippen LogP contribution in [0, 0.1) is 19.7 Å². The molecule has 0 aromatic carbocycles. The van der Waals surface area contributed by atoms with Crippen LogP contribution >= 0.6 is 0 Å². The van der Waals surface area contributed by atoms with Gasteiger partial charge in [-0.05, 0) is 55.4 Å². The molecule has 0 aliphatic heterocycles. The number of carbonyl (C=O) groups is 1. The lowest BCUT2D eigenvalue weighted by Crippen LogP contribution is -2.24. The number of nitrogens with zero attached hydrogens (tertiary/aromatic N) is 1. The van der Waals surface area contributed by atoms with E-state index in [-0.39, 0.29) is 11.5 Å². The van der Waals surface area contributed by atoms with E-state index in [1.165, 1.54) is 6.07 Å². The minimum Gasteiger partial charge on any atom is -0.477 e. The SMILES string of the molecule is Cc1c(F)cn2c(=O)c(C(=O)O)cc(C3CC3)c2c1C. The van der Waals surface area contributed by atoms with Crippen molar-refractivity contribution in [3.63, 3.8) is 0 Å². The van der Waals surface area contributed by atoms with Crippen molar-refractivity contribution >= 4 is 11.5 Å². The van der Waals surface area contributed by atoms with Gasteiger partial charge in [0.15, 0.2) is 0 Å². The average molecular weight is 275 g/mol. The minimum atomic E-state index is -1.27. The zero-order valence-electron chi connectivity index (χ0n) is 11.2. The number of pyridine rings is 2. The van der Waals surface area contributed by atoms with Gasteiger partial charge >= 0.3 is 5.97 Å². The molecule has 4 nitrogen and oxygen atoms in total. The summed E-state index contributed by atoms with van der Waals surface area (Å²) in [6.07, 6.45) is 3.05. The second kappa shape index (κ2) is 4.16. The molecule has 0 amide bonds. The number of hydrogen-bond donors (Lipinski definition) is 1. The molecule has 2 aromatic heterocycles. The molecule has 0 radical (unpaired) electrons. The molecule has 0 spiro atoms. The molecule has 5 heteroatoms. The van der Waals surface area contributed by atoms with Crippen LogP contribution in [0.25, 0.3) is 5.52 Å². The van der Waals surface area contributed by atoms with E-state index in [1.54, 1.807) is 13.8 Å². The van der Waals surface area contributed by atoms with E-state index in [1.807, 2.05) is 0 Å². The Bertz CT molecular complexity index is 803. The highest BCUT2D eigenvalue weighted by atomic mass is 19.1. The van der Waals surface area contributed by atoms with Crippen LogP contribution in [0.2, 0.25) is 0 Å². The molecule has 1 aliphatic carbocycles. The zero-order valence-corrected chi connectivity index (χ0v) is 11.2. The summed E-state index contributed by atoms with van der Waals surface area (Å²) < 4.78 is 15.0. The van der Waals surface area contributed by atoms with Crippen LogP contribution in [0.1, 0.15) is 45.8 Å². The first-order valence-corrected chi connectivity index (χ1v) is 6.50. The molecular weight excluding hydrogens is 261 g/mol. The number of aromatic carboxylic acids is 1. The van der Waals surface area contributed by atoms with E-state index >= 15 is 0 Å². The standard InChI is InChI=1S/C15H14FNO3/c1-7-8(2)13-10(9-3-4-9)5-11(15(19)20)14(18)17(13)6-12(7)16/h5-6,9H,3-4H2,1-2H3,(H,19,20). The Balaban J connectivity index is 2.52. The van der Waals surface area contributed by atoms with Gasteiger partial charge in [0.1, 0.15) is 11.4 Å². The smallest absolute Gasteiger partial charge is 0.341 e. The van der Waals surface area contributed by atoms with Gasteiger partial charge in [-0.25, -0.2) is 9.18 Å². The van der Waals surface area contributed by atoms with Crippen LogP contribution in [-0.2, 0) is 0 Å². The summed E-state index contributed by atoms with van der Waals surface area (Å²) in [7, 11) is 0. The molecule has 2 heterocycles. The van der Waals surface area contributed by atoms with Crippen molar-refractivity contribution in [3.05, 3.63) is 50.7 Å². The van der Waals surface area contributed by atoms with Crippen molar-refractivity contribution < 1.29 is 14.3 Å². The minimum absolute atomic E-state index is 0.271. The van der Waals surface area contributed by atoms with Crippen LogP contribution in [0.5, 0.6) is 0 Å². The van der Waals surface area contributed by atoms with Crippen LogP contribution in [0.15, 0.2) is 17.1 Å². The summed E-state index contributed by atoms with van der Waals surface area (Å²) in [6, 6.07) is 1.46. The molecule has 0 atom stereocenters. The molecule has 0 unspecified atom stereocenters. The molecule has 104 valence electrons. The quantitative estimate of drug-likeness (QED) is 0.916. The van der Waals surface area contributed by atoms with Crippen molar-refractivity contribution in [2.45, 2.75) is 32.6 Å². The van der Waals surface area contributed by atoms with Crippen LogP contribution in [0.3, 0.4) is 0 Å². The number of aryl methyl sites for hydroxylation is 1. The van der Waals surface area contributed by atoms with Crippen molar-refractivity contribution in [2.75, 3.05) is 0 Å². The summed E-state index contributed by atoms with van der Waals surface area (Å²) in [5.41, 5.74) is 1.70. The third-order valence-corrected chi connectivity index (χ3v) is 4.03. The largest absolute Gasteiger partial charge is 0.477 e. The second-order valence-corrected chi connectivity index (χ2v) is 5.34. The molecule has 20 heavy (non-hydrogen) atoms. The maximum Gasteiger partial charge on any atom is 0.341 e. The van der Waals surface area contributed by atoms with Gasteiger partial charge in [-0.15, -0.1) is 0 Å². The number of aromatic nitrogens is 1. The zero-order chi connectivity index (χ0) is 14.6. The molecule has 1 saturated carbocycles. The van der Waals surface area contributed by atoms with Gasteiger partial charge in [-0.2, -0.15) is 0 Å². The van der Waals surface area contributed by atoms with E-state index in [9.17, 15) is 14.0 Å². The first kappa shape index (κ1) is 12.8. The normalized spacial score (nSPS) is 14.8. The van der Waals surface area contributed by atoms with E-state index in [0.29, 0.717) is 16.6 Å². The van der Waals surface area contributed by atoms with Crippen molar-refractivity contribution in [2.24, 2.45) is 0 Å². The van der Waals surface area contributed by atoms with Gasteiger partial charge in [0.2, 0.25) is 0 Å². The Labute approximate surface area is 114 Å². The van der Waals surface area contributed by atoms with Crippen molar-refractivity contribution in [1.29, 1.82) is 0 Å². The lowest BCUT2D eigenvalue weighted by Gasteiger charge is -2.14. The van der Waals surface area contributed by atoms with Gasteiger partial charge < -0.3 is 5.11 Å². The lowest BCUT2D eigenvalue weighted by atomic mass is 10.0. The number of halogens is 1. The predicted octanol–water partition coefficient (Wildman–Crippen LogP) is 2.63. The highest BCUT2D eigenvalue weighted by molar-refractivity contribution is 5.88. The van der Waals surface area contributed by atoms with Crippen molar-refractivity contribution in [3.8, 4) is 0 Å². The molecule has 1 aliphatic rings. The fourth-order valence-corrected chi connectivity index (χ4v) is 2.60. The summed E-state index contributed by atoms with van der Waals surface area (Å²) in [5.74, 6) is -1.50. The first-order valence-electron chi connectivity index (χ1n) is 6.50.